The Balaban J connectivity index is 1.71. The fourth-order valence-electron chi connectivity index (χ4n) is 10.9. The van der Waals surface area contributed by atoms with Crippen molar-refractivity contribution >= 4 is 5.91 Å². The van der Waals surface area contributed by atoms with Crippen LogP contribution in [0.15, 0.2) is 134 Å². The van der Waals surface area contributed by atoms with Crippen molar-refractivity contribution < 1.29 is 64.6 Å². The molecular formula is C77H129NO13. The average molecular weight is 1280 g/mol. The first kappa shape index (κ1) is 83.2. The molecular weight excluding hydrogens is 1150 g/mol. The number of allylic oxidation sites excluding steroid dienone is 21. The molecule has 0 bridgehead atoms. The SMILES string of the molecule is CC/C=C\C/C=C\C/C=C\C/C=C\C/C=C\C/C=C\C/C=C\C/C=C\C/C=C\CCCCCCCC(=O)NC(COC1OC(CO)C(OC2OC(CO)C(O)C(O)C2O)C(O)C1O)C(O)/C=C/CC/C=C/CCCCCCCCCCCCCCCCCCCC. The zero-order chi connectivity index (χ0) is 65.9. The summed E-state index contributed by atoms with van der Waals surface area (Å²) < 4.78 is 22.8. The second kappa shape index (κ2) is 59.8. The lowest BCUT2D eigenvalue weighted by Gasteiger charge is -2.46. The smallest absolute Gasteiger partial charge is 0.220 e. The number of carbonyl (C=O) groups is 1. The Kier molecular flexibility index (Phi) is 54.7. The molecule has 0 radical (unpaired) electrons. The number of amides is 1. The summed E-state index contributed by atoms with van der Waals surface area (Å²) in [7, 11) is 0. The molecule has 2 saturated heterocycles. The van der Waals surface area contributed by atoms with Crippen LogP contribution < -0.4 is 5.32 Å². The van der Waals surface area contributed by atoms with Crippen LogP contribution in [0.4, 0.5) is 0 Å². The zero-order valence-electron chi connectivity index (χ0n) is 56.5. The highest BCUT2D eigenvalue weighted by Crippen LogP contribution is 2.30. The van der Waals surface area contributed by atoms with Gasteiger partial charge in [0.05, 0.1) is 32.0 Å². The molecule has 0 aromatic carbocycles. The van der Waals surface area contributed by atoms with Crippen molar-refractivity contribution in [3.8, 4) is 0 Å². The number of rotatable bonds is 57. The maximum Gasteiger partial charge on any atom is 0.220 e. The van der Waals surface area contributed by atoms with Crippen molar-refractivity contribution in [1.82, 2.24) is 5.32 Å². The van der Waals surface area contributed by atoms with Crippen molar-refractivity contribution in [2.75, 3.05) is 19.8 Å². The predicted octanol–water partition coefficient (Wildman–Crippen LogP) is 15.1. The summed E-state index contributed by atoms with van der Waals surface area (Å²) in [4.78, 5) is 13.3. The topological polar surface area (TPSA) is 228 Å². The van der Waals surface area contributed by atoms with E-state index >= 15 is 0 Å². The Labute approximate surface area is 551 Å². The summed E-state index contributed by atoms with van der Waals surface area (Å²) in [6, 6.07) is -0.954. The Morgan fingerprint density at radius 3 is 1.21 bits per heavy atom. The van der Waals surface area contributed by atoms with Gasteiger partial charge in [0.2, 0.25) is 5.91 Å². The van der Waals surface area contributed by atoms with Gasteiger partial charge in [-0.05, 0) is 103 Å². The van der Waals surface area contributed by atoms with Gasteiger partial charge in [0, 0.05) is 6.42 Å². The lowest BCUT2D eigenvalue weighted by Crippen LogP contribution is -2.65. The standard InChI is InChI=1S/C77H129NO13/c1-3-5-7-9-11-13-15-17-19-21-23-25-27-29-30-31-32-33-34-35-36-37-39-41-43-45-47-49-51-53-55-57-59-61-69(82)78-65(64-88-76-74(87)72(85)75(68(63-80)90-76)91-77-73(86)71(84)70(83)67(62-79)89-77)66(81)60-58-56-54-52-50-48-46-44-42-40-38-28-26-24-22-20-18-16-14-12-10-8-6-4-2/h5,7,11,13,17,19,23,25,29-30,32-33,35-36,39,41,45,47,50,52,58,60,65-68,70-77,79-81,83-87H,3-4,6,8-10,12,14-16,18,20-22,24,26-28,31,34,37-38,40,42-44,46,48-49,51,53-57,59,61-64H2,1-2H3,(H,78,82)/b7-5-,13-11-,19-17-,25-23-,30-29-,33-32-,36-35-,41-39-,47-45-,52-50+,60-58+. The second-order valence-corrected chi connectivity index (χ2v) is 24.6. The van der Waals surface area contributed by atoms with Crippen LogP contribution in [0.5, 0.6) is 0 Å². The minimum absolute atomic E-state index is 0.242. The predicted molar refractivity (Wildman–Crippen MR) is 373 cm³/mol. The van der Waals surface area contributed by atoms with Crippen molar-refractivity contribution in [2.24, 2.45) is 0 Å². The van der Waals surface area contributed by atoms with Gasteiger partial charge in [-0.3, -0.25) is 4.79 Å². The van der Waals surface area contributed by atoms with E-state index in [1.54, 1.807) is 6.08 Å². The normalized spacial score (nSPS) is 23.6. The van der Waals surface area contributed by atoms with E-state index in [0.717, 1.165) is 103 Å². The summed E-state index contributed by atoms with van der Waals surface area (Å²) >= 11 is 0. The Morgan fingerprint density at radius 2 is 0.769 bits per heavy atom. The molecule has 91 heavy (non-hydrogen) atoms. The lowest BCUT2D eigenvalue weighted by atomic mass is 9.97. The van der Waals surface area contributed by atoms with Crippen LogP contribution in [0.25, 0.3) is 0 Å². The first-order valence-electron chi connectivity index (χ1n) is 35.9. The molecule has 2 aliphatic rings. The highest BCUT2D eigenvalue weighted by Gasteiger charge is 2.51. The lowest BCUT2D eigenvalue weighted by molar-refractivity contribution is -0.359. The van der Waals surface area contributed by atoms with Gasteiger partial charge in [-0.2, -0.15) is 0 Å². The molecule has 2 rings (SSSR count). The highest BCUT2D eigenvalue weighted by molar-refractivity contribution is 5.76. The maximum atomic E-state index is 13.3. The molecule has 12 unspecified atom stereocenters. The summed E-state index contributed by atoms with van der Waals surface area (Å²) in [5, 5.41) is 87.4. The molecule has 2 heterocycles. The van der Waals surface area contributed by atoms with Crippen LogP contribution in [0.1, 0.15) is 251 Å². The van der Waals surface area contributed by atoms with Gasteiger partial charge in [0.15, 0.2) is 12.6 Å². The maximum absolute atomic E-state index is 13.3. The number of aliphatic hydroxyl groups excluding tert-OH is 8. The molecule has 1 amide bonds. The number of unbranched alkanes of at least 4 members (excludes halogenated alkanes) is 24. The number of hydrogen-bond acceptors (Lipinski definition) is 13. The van der Waals surface area contributed by atoms with Gasteiger partial charge in [0.1, 0.15) is 48.8 Å². The summed E-state index contributed by atoms with van der Waals surface area (Å²) in [6.07, 6.45) is 72.1. The molecule has 0 aliphatic carbocycles. The first-order chi connectivity index (χ1) is 44.6. The number of carbonyl (C=O) groups excluding carboxylic acids is 1. The van der Waals surface area contributed by atoms with Crippen molar-refractivity contribution in [3.63, 3.8) is 0 Å². The van der Waals surface area contributed by atoms with Gasteiger partial charge in [-0.25, -0.2) is 0 Å². The molecule has 12 atom stereocenters. The molecule has 520 valence electrons. The van der Waals surface area contributed by atoms with E-state index in [9.17, 15) is 45.6 Å². The summed E-state index contributed by atoms with van der Waals surface area (Å²) in [5.74, 6) is -0.272. The third-order valence-electron chi connectivity index (χ3n) is 16.6. The molecule has 14 nitrogen and oxygen atoms in total. The molecule has 2 aliphatic heterocycles. The van der Waals surface area contributed by atoms with E-state index in [-0.39, 0.29) is 18.9 Å². The molecule has 14 heteroatoms. The van der Waals surface area contributed by atoms with Gasteiger partial charge >= 0.3 is 0 Å². The minimum Gasteiger partial charge on any atom is -0.394 e. The largest absolute Gasteiger partial charge is 0.394 e. The molecule has 0 spiro atoms. The molecule has 0 saturated carbocycles. The quantitative estimate of drug-likeness (QED) is 0.0204. The number of nitrogens with one attached hydrogen (secondary N) is 1. The highest BCUT2D eigenvalue weighted by atomic mass is 16.7. The van der Waals surface area contributed by atoms with Gasteiger partial charge < -0.3 is 65.1 Å². The van der Waals surface area contributed by atoms with Crippen LogP contribution in [-0.4, -0.2) is 140 Å². The van der Waals surface area contributed by atoms with E-state index in [4.69, 9.17) is 18.9 Å². The van der Waals surface area contributed by atoms with Gasteiger partial charge in [-0.1, -0.05) is 276 Å². The molecule has 2 fully saturated rings. The Hall–Kier alpha value is -3.87. The van der Waals surface area contributed by atoms with E-state index in [1.807, 2.05) is 6.08 Å². The van der Waals surface area contributed by atoms with E-state index in [0.29, 0.717) is 12.8 Å². The van der Waals surface area contributed by atoms with Crippen LogP contribution in [0, 0.1) is 0 Å². The molecule has 0 aromatic rings. The van der Waals surface area contributed by atoms with Crippen molar-refractivity contribution in [3.05, 3.63) is 134 Å². The van der Waals surface area contributed by atoms with Crippen molar-refractivity contribution in [2.45, 2.75) is 325 Å². The van der Waals surface area contributed by atoms with E-state index in [1.165, 1.54) is 116 Å². The average Bonchev–Trinajstić information content (AvgIpc) is 1.28. The van der Waals surface area contributed by atoms with Gasteiger partial charge in [-0.15, -0.1) is 0 Å². The number of hydrogen-bond donors (Lipinski definition) is 9. The van der Waals surface area contributed by atoms with Crippen LogP contribution in [-0.2, 0) is 23.7 Å². The third-order valence-corrected chi connectivity index (χ3v) is 16.6. The molecule has 0 aromatic heterocycles. The Bertz CT molecular complexity index is 2040. The number of aliphatic hydroxyl groups is 8. The Morgan fingerprint density at radius 1 is 0.407 bits per heavy atom. The summed E-state index contributed by atoms with van der Waals surface area (Å²) in [6.45, 7) is 2.66. The monoisotopic (exact) mass is 1280 g/mol. The van der Waals surface area contributed by atoms with Crippen LogP contribution in [0.2, 0.25) is 0 Å². The number of ether oxygens (including phenoxy) is 4. The summed E-state index contributed by atoms with van der Waals surface area (Å²) in [5.41, 5.74) is 0. The molecule has 9 N–H and O–H groups in total. The van der Waals surface area contributed by atoms with Crippen molar-refractivity contribution in [1.29, 1.82) is 0 Å². The fourth-order valence-corrected chi connectivity index (χ4v) is 10.9. The van der Waals surface area contributed by atoms with Crippen LogP contribution in [0.3, 0.4) is 0 Å². The zero-order valence-corrected chi connectivity index (χ0v) is 56.5. The second-order valence-electron chi connectivity index (χ2n) is 24.6. The minimum atomic E-state index is -1.80. The van der Waals surface area contributed by atoms with Crippen LogP contribution >= 0.6 is 0 Å². The third kappa shape index (κ3) is 43.7. The first-order valence-corrected chi connectivity index (χ1v) is 35.9. The van der Waals surface area contributed by atoms with E-state index < -0.39 is 86.8 Å². The van der Waals surface area contributed by atoms with E-state index in [2.05, 4.69) is 141 Å². The van der Waals surface area contributed by atoms with Gasteiger partial charge in [0.25, 0.3) is 0 Å². The fraction of sp³-hybridized carbons (Fsp3) is 0.701.